The second-order valence-electron chi connectivity index (χ2n) is 8.95. The van der Waals surface area contributed by atoms with E-state index in [0.717, 1.165) is 34.6 Å². The summed E-state index contributed by atoms with van der Waals surface area (Å²) in [5.74, 6) is 13.5. The van der Waals surface area contributed by atoms with Crippen LogP contribution in [-0.4, -0.2) is 62.3 Å². The van der Waals surface area contributed by atoms with Crippen molar-refractivity contribution < 1.29 is 32.9 Å². The second-order valence-corrected chi connectivity index (χ2v) is 8.95. The van der Waals surface area contributed by atoms with Crippen molar-refractivity contribution in [1.82, 2.24) is 0 Å². The fourth-order valence-electron chi connectivity index (χ4n) is 1.32. The molecule has 0 amide bonds. The zero-order valence-corrected chi connectivity index (χ0v) is 19.3. The highest BCUT2D eigenvalue weighted by Crippen LogP contribution is 2.17. The lowest BCUT2D eigenvalue weighted by Crippen LogP contribution is -3.00. The third kappa shape index (κ3) is 8.99. The van der Waals surface area contributed by atoms with Crippen LogP contribution in [0, 0.1) is 23.7 Å². The Morgan fingerprint density at radius 3 is 1.09 bits per heavy atom. The fourth-order valence-corrected chi connectivity index (χ4v) is 1.32. The molecule has 0 aliphatic heterocycles. The summed E-state index contributed by atoms with van der Waals surface area (Å²) in [4.78, 5) is 0. The van der Waals surface area contributed by atoms with E-state index in [1.807, 2.05) is 0 Å². The van der Waals surface area contributed by atoms with Gasteiger partial charge in [0.2, 0.25) is 0 Å². The Morgan fingerprint density at radius 1 is 0.609 bits per heavy atom. The van der Waals surface area contributed by atoms with E-state index in [9.17, 15) is 0 Å². The Kier molecular flexibility index (Phi) is 10.1. The molecule has 0 aromatic heterocycles. The predicted molar refractivity (Wildman–Crippen MR) is 98.2 cm³/mol. The summed E-state index contributed by atoms with van der Waals surface area (Å²) >= 11 is 0. The quantitative estimate of drug-likeness (QED) is 0.257. The van der Waals surface area contributed by atoms with Crippen molar-refractivity contribution >= 4 is 0 Å². The molecule has 0 atom stereocenters. The number of hydrogen-bond donors (Lipinski definition) is 0. The van der Waals surface area contributed by atoms with E-state index < -0.39 is 0 Å². The van der Waals surface area contributed by atoms with Gasteiger partial charge in [0.05, 0.1) is 42.3 Å². The summed E-state index contributed by atoms with van der Waals surface area (Å²) in [6, 6.07) is 0. The molecule has 0 aliphatic carbocycles. The van der Waals surface area contributed by atoms with Gasteiger partial charge in [-0.3, -0.25) is 0 Å². The van der Waals surface area contributed by atoms with Gasteiger partial charge in [-0.15, -0.1) is 0 Å². The molecule has 2 nitrogen and oxygen atoms in total. The lowest BCUT2D eigenvalue weighted by Gasteiger charge is -2.37. The molecule has 0 saturated heterocycles. The van der Waals surface area contributed by atoms with Crippen LogP contribution in [-0.2, 0) is 0 Å². The van der Waals surface area contributed by atoms with Crippen molar-refractivity contribution in [3.05, 3.63) is 0 Å². The molecule has 0 bridgehead atoms. The SMILES string of the molecule is CC(C)(C#CCCCCC#CC(C)(C)[N+](C)(C)C)[N+](C)(C)C.[I-]. The maximum absolute atomic E-state index is 3.42. The van der Waals surface area contributed by atoms with Gasteiger partial charge >= 0.3 is 0 Å². The second kappa shape index (κ2) is 9.30. The maximum Gasteiger partial charge on any atom is 0.154 e. The number of hydrogen-bond acceptors (Lipinski definition) is 0. The average Bonchev–Trinajstić information content (AvgIpc) is 2.29. The molecule has 134 valence electrons. The standard InChI is InChI=1S/C20H38N2.HI/c1-19(2,21(5,6)7)17-15-13-11-12-14-16-18-20(3,4)22(8,9)10;/h11-14H2,1-10H3;1H/q+2;/p-1. The van der Waals surface area contributed by atoms with Gasteiger partial charge in [0.1, 0.15) is 0 Å². The predicted octanol–water partition coefficient (Wildman–Crippen LogP) is 0.527. The average molecular weight is 433 g/mol. The molecule has 23 heavy (non-hydrogen) atoms. The van der Waals surface area contributed by atoms with Gasteiger partial charge in [-0.05, 0) is 24.7 Å². The first-order chi connectivity index (χ1) is 9.71. The summed E-state index contributed by atoms with van der Waals surface area (Å²) in [6.07, 6.45) is 4.23. The molecule has 0 spiro atoms. The van der Waals surface area contributed by atoms with Crippen molar-refractivity contribution in [3.63, 3.8) is 0 Å². The Hall–Kier alpha value is -0.230. The first-order valence-corrected chi connectivity index (χ1v) is 8.34. The van der Waals surface area contributed by atoms with Crippen LogP contribution in [0.25, 0.3) is 0 Å². The Morgan fingerprint density at radius 2 is 0.870 bits per heavy atom. The van der Waals surface area contributed by atoms with E-state index >= 15 is 0 Å². The van der Waals surface area contributed by atoms with Gasteiger partial charge in [-0.25, -0.2) is 0 Å². The smallest absolute Gasteiger partial charge is 0.154 e. The Labute approximate surface area is 163 Å². The number of rotatable bonds is 5. The van der Waals surface area contributed by atoms with Crippen LogP contribution in [0.3, 0.4) is 0 Å². The fraction of sp³-hybridized carbons (Fsp3) is 0.800. The molecule has 0 rings (SSSR count). The van der Waals surface area contributed by atoms with Crippen molar-refractivity contribution in [2.45, 2.75) is 64.5 Å². The van der Waals surface area contributed by atoms with Gasteiger partial charge in [0.15, 0.2) is 11.1 Å². The van der Waals surface area contributed by atoms with Gasteiger partial charge < -0.3 is 32.9 Å². The highest BCUT2D eigenvalue weighted by Gasteiger charge is 2.30. The van der Waals surface area contributed by atoms with Crippen LogP contribution in [0.2, 0.25) is 0 Å². The van der Waals surface area contributed by atoms with E-state index in [1.54, 1.807) is 0 Å². The summed E-state index contributed by atoms with van der Waals surface area (Å²) in [5, 5.41) is 0. The molecule has 0 aromatic carbocycles. The highest BCUT2D eigenvalue weighted by atomic mass is 127. The van der Waals surface area contributed by atoms with Crippen molar-refractivity contribution in [2.24, 2.45) is 0 Å². The van der Waals surface area contributed by atoms with Crippen molar-refractivity contribution in [2.75, 3.05) is 42.3 Å². The summed E-state index contributed by atoms with van der Waals surface area (Å²) in [5.41, 5.74) is 0.0168. The van der Waals surface area contributed by atoms with Crippen LogP contribution in [0.15, 0.2) is 0 Å². The highest BCUT2D eigenvalue weighted by molar-refractivity contribution is 5.12. The molecule has 3 heteroatoms. The molecule has 0 radical (unpaired) electrons. The Balaban J connectivity index is 0. The van der Waals surface area contributed by atoms with Crippen LogP contribution in [0.5, 0.6) is 0 Å². The largest absolute Gasteiger partial charge is 1.00 e. The number of quaternary nitrogens is 2. The molecule has 0 N–H and O–H groups in total. The molecular formula is C20H38IN2+. The number of nitrogens with zero attached hydrogens (tertiary/aromatic N) is 2. The van der Waals surface area contributed by atoms with E-state index in [4.69, 9.17) is 0 Å². The van der Waals surface area contributed by atoms with Gasteiger partial charge in [-0.2, -0.15) is 0 Å². The molecule has 0 heterocycles. The molecule has 0 fully saturated rings. The van der Waals surface area contributed by atoms with Crippen molar-refractivity contribution in [3.8, 4) is 23.7 Å². The van der Waals surface area contributed by atoms with E-state index in [-0.39, 0.29) is 35.1 Å². The van der Waals surface area contributed by atoms with Gasteiger partial charge in [-0.1, -0.05) is 11.8 Å². The first kappa shape index (κ1) is 25.0. The molecule has 0 aromatic rings. The third-order valence-electron chi connectivity index (χ3n) is 5.00. The molecule has 0 aliphatic rings. The van der Waals surface area contributed by atoms with Crippen LogP contribution in [0.4, 0.5) is 0 Å². The molecule has 0 unspecified atom stereocenters. The lowest BCUT2D eigenvalue weighted by molar-refractivity contribution is -0.909. The van der Waals surface area contributed by atoms with Crippen molar-refractivity contribution in [1.29, 1.82) is 0 Å². The molecular weight excluding hydrogens is 395 g/mol. The molecule has 0 saturated carbocycles. The van der Waals surface area contributed by atoms with Crippen LogP contribution in [0.1, 0.15) is 53.4 Å². The van der Waals surface area contributed by atoms with E-state index in [2.05, 4.69) is 93.7 Å². The van der Waals surface area contributed by atoms with E-state index in [0.29, 0.717) is 0 Å². The summed E-state index contributed by atoms with van der Waals surface area (Å²) in [6.45, 7) is 8.83. The summed E-state index contributed by atoms with van der Waals surface area (Å²) in [7, 11) is 13.2. The van der Waals surface area contributed by atoms with E-state index in [1.165, 1.54) is 0 Å². The first-order valence-electron chi connectivity index (χ1n) is 8.34. The maximum atomic E-state index is 3.42. The van der Waals surface area contributed by atoms with Crippen LogP contribution >= 0.6 is 0 Å². The Bertz CT molecular complexity index is 422. The van der Waals surface area contributed by atoms with Crippen LogP contribution < -0.4 is 24.0 Å². The minimum atomic E-state index is 0. The van der Waals surface area contributed by atoms with Gasteiger partial charge in [0, 0.05) is 40.5 Å². The summed E-state index contributed by atoms with van der Waals surface area (Å²) < 4.78 is 1.73. The zero-order valence-electron chi connectivity index (χ0n) is 17.1. The topological polar surface area (TPSA) is 0 Å². The third-order valence-corrected chi connectivity index (χ3v) is 5.00. The number of unbranched alkanes of at least 4 members (excludes halogenated alkanes) is 3. The minimum Gasteiger partial charge on any atom is -1.00 e. The number of halogens is 1. The zero-order chi connectivity index (χ0) is 17.7. The minimum absolute atomic E-state index is 0. The van der Waals surface area contributed by atoms with Gasteiger partial charge in [0.25, 0.3) is 0 Å². The monoisotopic (exact) mass is 433 g/mol. The lowest BCUT2D eigenvalue weighted by atomic mass is 10.0. The normalized spacial score (nSPS) is 12.4.